The topological polar surface area (TPSA) is 55.1 Å². The maximum atomic E-state index is 11.5. The van der Waals surface area contributed by atoms with Gasteiger partial charge in [0.1, 0.15) is 0 Å². The fourth-order valence-corrected chi connectivity index (χ4v) is 2.37. The van der Waals surface area contributed by atoms with Gasteiger partial charge < -0.3 is 11.1 Å². The van der Waals surface area contributed by atoms with Crippen molar-refractivity contribution in [1.82, 2.24) is 5.32 Å². The number of hydrogen-bond donors (Lipinski definition) is 2. The molecular weight excluding hydrogens is 176 g/mol. The molecule has 1 amide bonds. The second kappa shape index (κ2) is 4.30. The molecule has 0 saturated heterocycles. The number of carbonyl (C=O) groups excluding carboxylic acids is 1. The largest absolute Gasteiger partial charge is 0.356 e. The molecule has 2 aliphatic carbocycles. The Hall–Kier alpha value is -0.570. The van der Waals surface area contributed by atoms with Gasteiger partial charge in [0.05, 0.1) is 0 Å². The fraction of sp³-hybridized carbons (Fsp3) is 0.909. The average molecular weight is 196 g/mol. The van der Waals surface area contributed by atoms with Gasteiger partial charge in [-0.2, -0.15) is 0 Å². The van der Waals surface area contributed by atoms with E-state index in [0.29, 0.717) is 17.9 Å². The van der Waals surface area contributed by atoms with Crippen LogP contribution in [0.2, 0.25) is 0 Å². The highest BCUT2D eigenvalue weighted by atomic mass is 16.1. The molecule has 2 fully saturated rings. The van der Waals surface area contributed by atoms with Gasteiger partial charge in [0.15, 0.2) is 0 Å². The smallest absolute Gasteiger partial charge is 0.223 e. The zero-order valence-corrected chi connectivity index (χ0v) is 8.67. The Morgan fingerprint density at radius 3 is 2.43 bits per heavy atom. The van der Waals surface area contributed by atoms with Crippen LogP contribution in [-0.2, 0) is 4.79 Å². The van der Waals surface area contributed by atoms with Gasteiger partial charge >= 0.3 is 0 Å². The minimum absolute atomic E-state index is 0.260. The predicted octanol–water partition coefficient (Wildman–Crippen LogP) is 1.03. The van der Waals surface area contributed by atoms with E-state index < -0.39 is 0 Å². The maximum Gasteiger partial charge on any atom is 0.223 e. The standard InChI is InChI=1S/C11H20N2O/c12-10-6-2-5-9(10)7-13-11(14)8-3-1-4-8/h8-10H,1-7,12H2,(H,13,14). The molecular formula is C11H20N2O. The SMILES string of the molecule is NC1CCCC1CNC(=O)C1CCC1. The predicted molar refractivity (Wildman–Crippen MR) is 55.7 cm³/mol. The molecule has 0 aromatic carbocycles. The molecule has 2 unspecified atom stereocenters. The summed E-state index contributed by atoms with van der Waals surface area (Å²) in [6.45, 7) is 0.802. The third-order valence-electron chi connectivity index (χ3n) is 3.73. The Morgan fingerprint density at radius 1 is 1.21 bits per heavy atom. The lowest BCUT2D eigenvalue weighted by molar-refractivity contribution is -0.127. The van der Waals surface area contributed by atoms with Crippen molar-refractivity contribution in [3.05, 3.63) is 0 Å². The number of hydrogen-bond acceptors (Lipinski definition) is 2. The first kappa shape index (κ1) is 9.97. The van der Waals surface area contributed by atoms with E-state index in [-0.39, 0.29) is 5.91 Å². The normalized spacial score (nSPS) is 32.6. The van der Waals surface area contributed by atoms with Crippen molar-refractivity contribution in [2.24, 2.45) is 17.6 Å². The van der Waals surface area contributed by atoms with E-state index in [4.69, 9.17) is 5.73 Å². The van der Waals surface area contributed by atoms with Gasteiger partial charge in [-0.15, -0.1) is 0 Å². The molecule has 3 N–H and O–H groups in total. The monoisotopic (exact) mass is 196 g/mol. The van der Waals surface area contributed by atoms with E-state index in [9.17, 15) is 4.79 Å². The maximum absolute atomic E-state index is 11.5. The van der Waals surface area contributed by atoms with Crippen LogP contribution in [0, 0.1) is 11.8 Å². The summed E-state index contributed by atoms with van der Waals surface area (Å²) in [6.07, 6.45) is 6.94. The minimum Gasteiger partial charge on any atom is -0.356 e. The molecule has 0 aromatic rings. The molecule has 3 nitrogen and oxygen atoms in total. The fourth-order valence-electron chi connectivity index (χ4n) is 2.37. The van der Waals surface area contributed by atoms with Crippen LogP contribution >= 0.6 is 0 Å². The molecule has 2 rings (SSSR count). The van der Waals surface area contributed by atoms with Crippen molar-refractivity contribution in [3.8, 4) is 0 Å². The summed E-state index contributed by atoms with van der Waals surface area (Å²) in [5, 5.41) is 3.04. The van der Waals surface area contributed by atoms with Gasteiger partial charge in [0.25, 0.3) is 0 Å². The Morgan fingerprint density at radius 2 is 1.93 bits per heavy atom. The Bertz CT molecular complexity index is 213. The summed E-state index contributed by atoms with van der Waals surface area (Å²) >= 11 is 0. The van der Waals surface area contributed by atoms with Crippen molar-refractivity contribution < 1.29 is 4.79 Å². The molecule has 0 heterocycles. The third kappa shape index (κ3) is 2.08. The number of nitrogens with two attached hydrogens (primary N) is 1. The van der Waals surface area contributed by atoms with E-state index in [2.05, 4.69) is 5.32 Å². The average Bonchev–Trinajstić information content (AvgIpc) is 2.44. The summed E-state index contributed by atoms with van der Waals surface area (Å²) in [5.41, 5.74) is 5.94. The third-order valence-corrected chi connectivity index (χ3v) is 3.73. The number of nitrogens with one attached hydrogen (secondary N) is 1. The molecule has 0 bridgehead atoms. The molecule has 0 spiro atoms. The van der Waals surface area contributed by atoms with Crippen molar-refractivity contribution in [2.45, 2.75) is 44.6 Å². The minimum atomic E-state index is 0.260. The quantitative estimate of drug-likeness (QED) is 0.708. The molecule has 14 heavy (non-hydrogen) atoms. The highest BCUT2D eigenvalue weighted by Crippen LogP contribution is 2.27. The second-order valence-electron chi connectivity index (χ2n) is 4.73. The molecule has 0 aliphatic heterocycles. The van der Waals surface area contributed by atoms with E-state index in [0.717, 1.165) is 25.8 Å². The van der Waals surface area contributed by atoms with Gasteiger partial charge in [-0.05, 0) is 31.6 Å². The van der Waals surface area contributed by atoms with Gasteiger partial charge in [-0.1, -0.05) is 12.8 Å². The highest BCUT2D eigenvalue weighted by Gasteiger charge is 2.28. The van der Waals surface area contributed by atoms with Gasteiger partial charge in [-0.25, -0.2) is 0 Å². The lowest BCUT2D eigenvalue weighted by Gasteiger charge is -2.25. The summed E-state index contributed by atoms with van der Waals surface area (Å²) < 4.78 is 0. The summed E-state index contributed by atoms with van der Waals surface area (Å²) in [4.78, 5) is 11.5. The zero-order chi connectivity index (χ0) is 9.97. The van der Waals surface area contributed by atoms with Crippen LogP contribution in [-0.4, -0.2) is 18.5 Å². The molecule has 2 aliphatic rings. The summed E-state index contributed by atoms with van der Waals surface area (Å²) in [6, 6.07) is 0.316. The Balaban J connectivity index is 1.68. The first-order valence-electron chi connectivity index (χ1n) is 5.80. The van der Waals surface area contributed by atoms with Gasteiger partial charge in [0.2, 0.25) is 5.91 Å². The van der Waals surface area contributed by atoms with E-state index >= 15 is 0 Å². The van der Waals surface area contributed by atoms with Crippen molar-refractivity contribution in [1.29, 1.82) is 0 Å². The van der Waals surface area contributed by atoms with Crippen molar-refractivity contribution >= 4 is 5.91 Å². The second-order valence-corrected chi connectivity index (χ2v) is 4.73. The number of rotatable bonds is 3. The van der Waals surface area contributed by atoms with Crippen LogP contribution < -0.4 is 11.1 Å². The highest BCUT2D eigenvalue weighted by molar-refractivity contribution is 5.79. The first-order valence-corrected chi connectivity index (χ1v) is 5.80. The first-order chi connectivity index (χ1) is 6.77. The van der Waals surface area contributed by atoms with Gasteiger partial charge in [0, 0.05) is 18.5 Å². The molecule has 2 atom stereocenters. The van der Waals surface area contributed by atoms with Gasteiger partial charge in [-0.3, -0.25) is 4.79 Å². The van der Waals surface area contributed by atoms with E-state index in [1.165, 1.54) is 19.3 Å². The lowest BCUT2D eigenvalue weighted by atomic mass is 9.84. The number of amides is 1. The summed E-state index contributed by atoms with van der Waals surface area (Å²) in [5.74, 6) is 1.10. The molecule has 3 heteroatoms. The molecule has 0 radical (unpaired) electrons. The molecule has 80 valence electrons. The van der Waals surface area contributed by atoms with Crippen molar-refractivity contribution in [2.75, 3.05) is 6.54 Å². The van der Waals surface area contributed by atoms with E-state index in [1.54, 1.807) is 0 Å². The van der Waals surface area contributed by atoms with Crippen LogP contribution in [0.25, 0.3) is 0 Å². The van der Waals surface area contributed by atoms with Crippen LogP contribution in [0.5, 0.6) is 0 Å². The van der Waals surface area contributed by atoms with Crippen LogP contribution in [0.1, 0.15) is 38.5 Å². The Kier molecular flexibility index (Phi) is 3.06. The molecule has 0 aromatic heterocycles. The number of carbonyl (C=O) groups is 1. The van der Waals surface area contributed by atoms with Crippen LogP contribution in [0.3, 0.4) is 0 Å². The zero-order valence-electron chi connectivity index (χ0n) is 8.67. The summed E-state index contributed by atoms with van der Waals surface area (Å²) in [7, 11) is 0. The van der Waals surface area contributed by atoms with Crippen LogP contribution in [0.15, 0.2) is 0 Å². The van der Waals surface area contributed by atoms with E-state index in [1.807, 2.05) is 0 Å². The molecule has 2 saturated carbocycles. The Labute approximate surface area is 85.4 Å². The van der Waals surface area contributed by atoms with Crippen LogP contribution in [0.4, 0.5) is 0 Å². The van der Waals surface area contributed by atoms with Crippen molar-refractivity contribution in [3.63, 3.8) is 0 Å². The lowest BCUT2D eigenvalue weighted by Crippen LogP contribution is -2.40.